The number of aromatic nitrogens is 2. The average Bonchev–Trinajstić information content (AvgIpc) is 3.17. The van der Waals surface area contributed by atoms with Crippen molar-refractivity contribution in [2.45, 2.75) is 13.0 Å². The molecule has 4 aromatic rings. The molecule has 4 rings (SSSR count). The Labute approximate surface area is 192 Å². The fourth-order valence-corrected chi connectivity index (χ4v) is 3.44. The summed E-state index contributed by atoms with van der Waals surface area (Å²) in [5.41, 5.74) is 3.72. The summed E-state index contributed by atoms with van der Waals surface area (Å²) in [7, 11) is 1.95. The number of fused-ring (bicyclic) bond motifs is 1. The van der Waals surface area contributed by atoms with E-state index in [4.69, 9.17) is 4.74 Å². The number of rotatable bonds is 9. The van der Waals surface area contributed by atoms with Crippen molar-refractivity contribution in [1.82, 2.24) is 9.55 Å². The third-order valence-corrected chi connectivity index (χ3v) is 5.23. The van der Waals surface area contributed by atoms with Crippen LogP contribution in [0.25, 0.3) is 23.1 Å². The van der Waals surface area contributed by atoms with Crippen LogP contribution in [0.5, 0.6) is 5.75 Å². The summed E-state index contributed by atoms with van der Waals surface area (Å²) in [6.45, 7) is 0.392. The third-order valence-electron chi connectivity index (χ3n) is 5.23. The second-order valence-electron chi connectivity index (χ2n) is 7.64. The van der Waals surface area contributed by atoms with E-state index in [1.54, 1.807) is 18.3 Å². The number of ether oxygens (including phenoxy) is 1. The summed E-state index contributed by atoms with van der Waals surface area (Å²) in [6.07, 6.45) is 7.92. The molecule has 5 nitrogen and oxygen atoms in total. The van der Waals surface area contributed by atoms with E-state index >= 15 is 0 Å². The van der Waals surface area contributed by atoms with E-state index in [1.807, 2.05) is 84.4 Å². The number of allylic oxidation sites excluding steroid dienone is 2. The summed E-state index contributed by atoms with van der Waals surface area (Å²) in [6, 6.07) is 23.1. The zero-order valence-corrected chi connectivity index (χ0v) is 18.3. The van der Waals surface area contributed by atoms with E-state index in [2.05, 4.69) is 4.98 Å². The Morgan fingerprint density at radius 2 is 1.64 bits per heavy atom. The number of carbonyl (C=O) groups excluding carboxylic acids is 2. The van der Waals surface area contributed by atoms with E-state index < -0.39 is 0 Å². The minimum Gasteiger partial charge on any atom is -0.487 e. The number of para-hydroxylation sites is 1. The first kappa shape index (κ1) is 22.0. The minimum atomic E-state index is -0.239. The van der Waals surface area contributed by atoms with Gasteiger partial charge in [-0.1, -0.05) is 42.5 Å². The maximum Gasteiger partial charge on any atom is 0.163 e. The maximum absolute atomic E-state index is 12.2. The monoisotopic (exact) mass is 436 g/mol. The lowest BCUT2D eigenvalue weighted by molar-refractivity contribution is -0.121. The minimum absolute atomic E-state index is 0.164. The first-order valence-electron chi connectivity index (χ1n) is 10.7. The summed E-state index contributed by atoms with van der Waals surface area (Å²) < 4.78 is 7.73. The topological polar surface area (TPSA) is 61.2 Å². The van der Waals surface area contributed by atoms with E-state index in [0.717, 1.165) is 33.6 Å². The molecule has 2 heterocycles. The molecule has 2 aromatic heterocycles. The second kappa shape index (κ2) is 10.4. The van der Waals surface area contributed by atoms with Gasteiger partial charge in [0.1, 0.15) is 12.4 Å². The molecule has 33 heavy (non-hydrogen) atoms. The highest BCUT2D eigenvalue weighted by Crippen LogP contribution is 2.19. The van der Waals surface area contributed by atoms with Crippen molar-refractivity contribution in [2.24, 2.45) is 7.05 Å². The zero-order chi connectivity index (χ0) is 23.0. The van der Waals surface area contributed by atoms with E-state index in [0.29, 0.717) is 6.61 Å². The van der Waals surface area contributed by atoms with Crippen LogP contribution < -0.4 is 4.74 Å². The molecule has 164 valence electrons. The fourth-order valence-electron chi connectivity index (χ4n) is 3.44. The lowest BCUT2D eigenvalue weighted by atomic mass is 10.1. The third kappa shape index (κ3) is 5.92. The van der Waals surface area contributed by atoms with Gasteiger partial charge in [-0.3, -0.25) is 14.6 Å². The van der Waals surface area contributed by atoms with Crippen LogP contribution in [0.15, 0.2) is 91.1 Å². The average molecular weight is 437 g/mol. The smallest absolute Gasteiger partial charge is 0.163 e. The molecule has 0 N–H and O–H groups in total. The number of nitrogens with zero attached hydrogens (tertiary/aromatic N) is 2. The van der Waals surface area contributed by atoms with Crippen molar-refractivity contribution in [3.63, 3.8) is 0 Å². The van der Waals surface area contributed by atoms with Crippen LogP contribution in [-0.4, -0.2) is 21.1 Å². The molecule has 0 radical (unpaired) electrons. The molecule has 0 saturated carbocycles. The predicted molar refractivity (Wildman–Crippen MR) is 131 cm³/mol. The van der Waals surface area contributed by atoms with Crippen LogP contribution in [-0.2, 0) is 23.2 Å². The zero-order valence-electron chi connectivity index (χ0n) is 18.3. The largest absolute Gasteiger partial charge is 0.487 e. The van der Waals surface area contributed by atoms with Crippen LogP contribution >= 0.6 is 0 Å². The summed E-state index contributed by atoms with van der Waals surface area (Å²) in [5, 5.41) is 1.11. The van der Waals surface area contributed by atoms with Gasteiger partial charge < -0.3 is 9.30 Å². The van der Waals surface area contributed by atoms with Crippen LogP contribution in [0.2, 0.25) is 0 Å². The predicted octanol–water partition coefficient (Wildman–Crippen LogP) is 5.41. The molecule has 2 aromatic carbocycles. The second-order valence-corrected chi connectivity index (χ2v) is 7.64. The fraction of sp³-hybridized carbons (Fsp3) is 0.107. The SMILES string of the molecule is Cn1c(/C=C/C(=O)CC(=O)/C=C/c2ccc(OCc3ccccn3)cc2)cc2ccccc21. The number of carbonyl (C=O) groups is 2. The number of ketones is 2. The number of aryl methyl sites for hydroxylation is 1. The first-order valence-corrected chi connectivity index (χ1v) is 10.7. The number of hydrogen-bond donors (Lipinski definition) is 0. The number of benzene rings is 2. The molecule has 0 spiro atoms. The van der Waals surface area contributed by atoms with Gasteiger partial charge in [-0.25, -0.2) is 0 Å². The molecular formula is C28H24N2O3. The van der Waals surface area contributed by atoms with Crippen LogP contribution in [0.4, 0.5) is 0 Å². The molecule has 0 amide bonds. The lowest BCUT2D eigenvalue weighted by Gasteiger charge is -2.05. The molecule has 0 unspecified atom stereocenters. The molecular weight excluding hydrogens is 412 g/mol. The van der Waals surface area contributed by atoms with Gasteiger partial charge in [0.05, 0.1) is 12.1 Å². The van der Waals surface area contributed by atoms with Gasteiger partial charge >= 0.3 is 0 Å². The summed E-state index contributed by atoms with van der Waals surface area (Å²) in [5.74, 6) is 0.253. The highest BCUT2D eigenvalue weighted by Gasteiger charge is 2.06. The summed E-state index contributed by atoms with van der Waals surface area (Å²) in [4.78, 5) is 28.6. The highest BCUT2D eigenvalue weighted by atomic mass is 16.5. The van der Waals surface area contributed by atoms with Crippen LogP contribution in [0.3, 0.4) is 0 Å². The molecule has 0 fully saturated rings. The molecule has 5 heteroatoms. The van der Waals surface area contributed by atoms with E-state index in [1.165, 1.54) is 12.2 Å². The quantitative estimate of drug-likeness (QED) is 0.260. The van der Waals surface area contributed by atoms with Gasteiger partial charge in [0, 0.05) is 29.8 Å². The lowest BCUT2D eigenvalue weighted by Crippen LogP contribution is -2.02. The standard InChI is InChI=1S/C28H24N2O3/c1-30-24(18-22-6-2-3-8-28(22)30)12-14-26(32)19-25(31)13-9-21-10-15-27(16-11-21)33-20-23-7-4-5-17-29-23/h2-18H,19-20H2,1H3/b13-9+,14-12+. The molecule has 0 atom stereocenters. The van der Waals surface area contributed by atoms with Crippen LogP contribution in [0, 0.1) is 0 Å². The summed E-state index contributed by atoms with van der Waals surface area (Å²) >= 11 is 0. The molecule has 0 aliphatic carbocycles. The van der Waals surface area contributed by atoms with Crippen molar-refractivity contribution in [3.8, 4) is 5.75 Å². The molecule has 0 aliphatic rings. The number of hydrogen-bond acceptors (Lipinski definition) is 4. The Morgan fingerprint density at radius 1 is 0.909 bits per heavy atom. The normalized spacial score (nSPS) is 11.4. The molecule has 0 bridgehead atoms. The van der Waals surface area contributed by atoms with E-state index in [-0.39, 0.29) is 18.0 Å². The van der Waals surface area contributed by atoms with Gasteiger partial charge in [0.25, 0.3) is 0 Å². The van der Waals surface area contributed by atoms with E-state index in [9.17, 15) is 9.59 Å². The van der Waals surface area contributed by atoms with Crippen molar-refractivity contribution in [2.75, 3.05) is 0 Å². The van der Waals surface area contributed by atoms with Gasteiger partial charge in [0.2, 0.25) is 0 Å². The van der Waals surface area contributed by atoms with Crippen molar-refractivity contribution < 1.29 is 14.3 Å². The van der Waals surface area contributed by atoms with Gasteiger partial charge in [0.15, 0.2) is 11.6 Å². The number of pyridine rings is 1. The van der Waals surface area contributed by atoms with Crippen molar-refractivity contribution in [1.29, 1.82) is 0 Å². The van der Waals surface area contributed by atoms with Gasteiger partial charge in [-0.15, -0.1) is 0 Å². The molecule has 0 aliphatic heterocycles. The highest BCUT2D eigenvalue weighted by molar-refractivity contribution is 6.11. The van der Waals surface area contributed by atoms with Gasteiger partial charge in [-0.05, 0) is 60.2 Å². The molecule has 0 saturated heterocycles. The first-order chi connectivity index (χ1) is 16.1. The Kier molecular flexibility index (Phi) is 6.90. The Morgan fingerprint density at radius 3 is 2.36 bits per heavy atom. The van der Waals surface area contributed by atoms with Crippen LogP contribution in [0.1, 0.15) is 23.4 Å². The Hall–Kier alpha value is -4.25. The Balaban J connectivity index is 1.28. The van der Waals surface area contributed by atoms with Gasteiger partial charge in [-0.2, -0.15) is 0 Å². The van der Waals surface area contributed by atoms with Crippen molar-refractivity contribution >= 4 is 34.6 Å². The van der Waals surface area contributed by atoms with Crippen molar-refractivity contribution in [3.05, 3.63) is 108 Å². The maximum atomic E-state index is 12.2. The Bertz CT molecular complexity index is 1320.